The highest BCUT2D eigenvalue weighted by molar-refractivity contribution is 6.44. The number of nitrogens with zero attached hydrogens (tertiary/aromatic N) is 2. The molecule has 0 aliphatic carbocycles. The van der Waals surface area contributed by atoms with Crippen LogP contribution in [0.4, 0.5) is 0 Å². The second kappa shape index (κ2) is 8.76. The van der Waals surface area contributed by atoms with E-state index in [4.69, 9.17) is 0 Å². The van der Waals surface area contributed by atoms with Crippen LogP contribution in [0.25, 0.3) is 10.9 Å². The summed E-state index contributed by atoms with van der Waals surface area (Å²) >= 11 is 0. The van der Waals surface area contributed by atoms with Gasteiger partial charge in [0, 0.05) is 43.8 Å². The number of rotatable bonds is 5. The summed E-state index contributed by atoms with van der Waals surface area (Å²) in [5, 5.41) is 0.755. The number of ketones is 1. The first-order valence-corrected chi connectivity index (χ1v) is 10.6. The second-order valence-electron chi connectivity index (χ2n) is 8.30. The van der Waals surface area contributed by atoms with E-state index in [2.05, 4.69) is 4.98 Å². The molecule has 0 bridgehead atoms. The Labute approximate surface area is 181 Å². The van der Waals surface area contributed by atoms with Gasteiger partial charge in [-0.2, -0.15) is 0 Å². The first-order chi connectivity index (χ1) is 15.0. The third kappa shape index (κ3) is 4.24. The molecule has 0 spiro atoms. The molecule has 0 unspecified atom stereocenters. The maximum atomic E-state index is 13.0. The molecule has 1 aliphatic rings. The number of aromatic nitrogens is 1. The first kappa shape index (κ1) is 20.8. The first-order valence-electron chi connectivity index (χ1n) is 10.6. The Kier molecular flexibility index (Phi) is 5.89. The molecular weight excluding hydrogens is 390 g/mol. The normalized spacial score (nSPS) is 16.3. The summed E-state index contributed by atoms with van der Waals surface area (Å²) in [7, 11) is 1.79. The number of para-hydroxylation sites is 1. The van der Waals surface area contributed by atoms with E-state index in [-0.39, 0.29) is 18.4 Å². The minimum Gasteiger partial charge on any atom is -0.360 e. The van der Waals surface area contributed by atoms with Gasteiger partial charge in [-0.3, -0.25) is 14.4 Å². The number of piperidine rings is 1. The van der Waals surface area contributed by atoms with Crippen LogP contribution in [-0.4, -0.2) is 52.5 Å². The van der Waals surface area contributed by atoms with Crippen molar-refractivity contribution in [3.05, 3.63) is 71.4 Å². The Morgan fingerprint density at radius 2 is 1.87 bits per heavy atom. The predicted molar refractivity (Wildman–Crippen MR) is 120 cm³/mol. The van der Waals surface area contributed by atoms with Gasteiger partial charge in [-0.15, -0.1) is 0 Å². The van der Waals surface area contributed by atoms with E-state index in [0.717, 1.165) is 28.5 Å². The van der Waals surface area contributed by atoms with Crippen LogP contribution in [0.15, 0.2) is 54.7 Å². The Hall–Kier alpha value is -3.41. The number of hydrogen-bond acceptors (Lipinski definition) is 3. The molecule has 6 nitrogen and oxygen atoms in total. The molecule has 0 saturated carbocycles. The number of carbonyl (C=O) groups excluding carboxylic acids is 3. The molecule has 31 heavy (non-hydrogen) atoms. The number of benzene rings is 2. The van der Waals surface area contributed by atoms with Gasteiger partial charge >= 0.3 is 0 Å². The summed E-state index contributed by atoms with van der Waals surface area (Å²) in [4.78, 5) is 45.3. The summed E-state index contributed by atoms with van der Waals surface area (Å²) in [5.41, 5.74) is 3.34. The Morgan fingerprint density at radius 1 is 1.10 bits per heavy atom. The van der Waals surface area contributed by atoms with Gasteiger partial charge in [-0.05, 0) is 30.9 Å². The van der Waals surface area contributed by atoms with Gasteiger partial charge in [0.1, 0.15) is 0 Å². The summed E-state index contributed by atoms with van der Waals surface area (Å²) in [5.74, 6) is -1.34. The molecule has 3 aromatic rings. The number of likely N-dealkylation sites (tertiary alicyclic amines) is 1. The topological polar surface area (TPSA) is 73.5 Å². The maximum absolute atomic E-state index is 13.0. The Morgan fingerprint density at radius 3 is 2.65 bits per heavy atom. The van der Waals surface area contributed by atoms with Gasteiger partial charge in [-0.1, -0.05) is 48.5 Å². The molecule has 2 amide bonds. The summed E-state index contributed by atoms with van der Waals surface area (Å²) < 4.78 is 0. The summed E-state index contributed by atoms with van der Waals surface area (Å²) in [6.07, 6.45) is 3.04. The third-order valence-corrected chi connectivity index (χ3v) is 6.06. The van der Waals surface area contributed by atoms with E-state index in [1.165, 1.54) is 0 Å². The van der Waals surface area contributed by atoms with Crippen molar-refractivity contribution in [1.29, 1.82) is 0 Å². The lowest BCUT2D eigenvalue weighted by Crippen LogP contribution is -2.47. The fraction of sp³-hybridized carbons (Fsp3) is 0.320. The van der Waals surface area contributed by atoms with Gasteiger partial charge in [-0.25, -0.2) is 0 Å². The van der Waals surface area contributed by atoms with Crippen molar-refractivity contribution >= 4 is 28.5 Å². The van der Waals surface area contributed by atoms with Crippen LogP contribution in [0.1, 0.15) is 34.3 Å². The molecule has 1 atom stereocenters. The molecular formula is C25H27N3O3. The van der Waals surface area contributed by atoms with Crippen LogP contribution in [0.2, 0.25) is 0 Å². The van der Waals surface area contributed by atoms with E-state index < -0.39 is 11.7 Å². The fourth-order valence-corrected chi connectivity index (χ4v) is 4.36. The Balaban J connectivity index is 1.45. The molecule has 0 radical (unpaired) electrons. The lowest BCUT2D eigenvalue weighted by molar-refractivity contribution is -0.138. The van der Waals surface area contributed by atoms with Crippen molar-refractivity contribution in [2.75, 3.05) is 20.1 Å². The highest BCUT2D eigenvalue weighted by atomic mass is 16.2. The molecule has 4 rings (SSSR count). The van der Waals surface area contributed by atoms with Crippen molar-refractivity contribution in [2.45, 2.75) is 26.3 Å². The van der Waals surface area contributed by atoms with Crippen LogP contribution >= 0.6 is 0 Å². The zero-order valence-corrected chi connectivity index (χ0v) is 17.9. The standard InChI is InChI=1S/C25H27N3O3/c1-17-8-6-12-20-21(14-26-22(17)20)23(29)25(31)28-13-7-11-19(16-28)24(30)27(2)15-18-9-4-3-5-10-18/h3-6,8-10,12,14,19,26H,7,11,13,15-16H2,1-2H3/t19-/m1/s1. The van der Waals surface area contributed by atoms with Gasteiger partial charge in [0.25, 0.3) is 11.7 Å². The van der Waals surface area contributed by atoms with E-state index in [1.54, 1.807) is 23.0 Å². The highest BCUT2D eigenvalue weighted by Gasteiger charge is 2.33. The smallest absolute Gasteiger partial charge is 0.295 e. The monoisotopic (exact) mass is 417 g/mol. The van der Waals surface area contributed by atoms with Crippen molar-refractivity contribution in [2.24, 2.45) is 5.92 Å². The number of Topliss-reactive ketones (excluding diaryl/α,β-unsaturated/α-hetero) is 1. The zero-order chi connectivity index (χ0) is 22.0. The maximum Gasteiger partial charge on any atom is 0.295 e. The quantitative estimate of drug-likeness (QED) is 0.510. The van der Waals surface area contributed by atoms with Crippen LogP contribution in [0.3, 0.4) is 0 Å². The predicted octanol–water partition coefficient (Wildman–Crippen LogP) is 3.56. The lowest BCUT2D eigenvalue weighted by Gasteiger charge is -2.33. The molecule has 160 valence electrons. The van der Waals surface area contributed by atoms with E-state index >= 15 is 0 Å². The van der Waals surface area contributed by atoms with Crippen molar-refractivity contribution in [3.8, 4) is 0 Å². The number of aromatic amines is 1. The van der Waals surface area contributed by atoms with E-state index in [1.807, 2.05) is 55.5 Å². The number of carbonyl (C=O) groups is 3. The SMILES string of the molecule is Cc1cccc2c(C(=O)C(=O)N3CCC[C@@H](C(=O)N(C)Cc4ccccc4)C3)c[nH]c12. The van der Waals surface area contributed by atoms with Gasteiger partial charge in [0.2, 0.25) is 5.91 Å². The molecule has 1 aromatic heterocycles. The van der Waals surface area contributed by atoms with E-state index in [9.17, 15) is 14.4 Å². The number of nitrogens with one attached hydrogen (secondary N) is 1. The van der Waals surface area contributed by atoms with Crippen LogP contribution in [0.5, 0.6) is 0 Å². The highest BCUT2D eigenvalue weighted by Crippen LogP contribution is 2.24. The zero-order valence-electron chi connectivity index (χ0n) is 17.9. The molecule has 6 heteroatoms. The van der Waals surface area contributed by atoms with Crippen LogP contribution < -0.4 is 0 Å². The molecule has 1 N–H and O–H groups in total. The van der Waals surface area contributed by atoms with Gasteiger partial charge < -0.3 is 14.8 Å². The number of aryl methyl sites for hydroxylation is 1. The lowest BCUT2D eigenvalue weighted by atomic mass is 9.95. The summed E-state index contributed by atoms with van der Waals surface area (Å²) in [6.45, 7) is 3.27. The average Bonchev–Trinajstić information content (AvgIpc) is 3.24. The Bertz CT molecular complexity index is 1120. The van der Waals surface area contributed by atoms with Crippen molar-refractivity contribution in [3.63, 3.8) is 0 Å². The van der Waals surface area contributed by atoms with Crippen molar-refractivity contribution < 1.29 is 14.4 Å². The molecule has 1 fully saturated rings. The molecule has 1 aliphatic heterocycles. The molecule has 1 saturated heterocycles. The molecule has 2 heterocycles. The number of amides is 2. The largest absolute Gasteiger partial charge is 0.360 e. The minimum absolute atomic E-state index is 0.0107. The van der Waals surface area contributed by atoms with Gasteiger partial charge in [0.05, 0.1) is 11.5 Å². The average molecular weight is 418 g/mol. The number of H-pyrrole nitrogens is 1. The fourth-order valence-electron chi connectivity index (χ4n) is 4.36. The van der Waals surface area contributed by atoms with Gasteiger partial charge in [0.15, 0.2) is 0 Å². The summed E-state index contributed by atoms with van der Waals surface area (Å²) in [6, 6.07) is 15.5. The third-order valence-electron chi connectivity index (χ3n) is 6.06. The van der Waals surface area contributed by atoms with Crippen LogP contribution in [-0.2, 0) is 16.1 Å². The molecule has 2 aromatic carbocycles. The number of fused-ring (bicyclic) bond motifs is 1. The second-order valence-corrected chi connectivity index (χ2v) is 8.30. The van der Waals surface area contributed by atoms with E-state index in [0.29, 0.717) is 25.1 Å². The van der Waals surface area contributed by atoms with Crippen molar-refractivity contribution in [1.82, 2.24) is 14.8 Å². The minimum atomic E-state index is -0.536. The number of hydrogen-bond donors (Lipinski definition) is 1. The van der Waals surface area contributed by atoms with Crippen LogP contribution in [0, 0.1) is 12.8 Å².